The van der Waals surface area contributed by atoms with Gasteiger partial charge in [0.25, 0.3) is 5.91 Å². The van der Waals surface area contributed by atoms with Crippen LogP contribution in [0.3, 0.4) is 0 Å². The molecule has 138 valence electrons. The Kier molecular flexibility index (Phi) is 4.54. The molecule has 2 heterocycles. The summed E-state index contributed by atoms with van der Waals surface area (Å²) in [6.45, 7) is 3.12. The summed E-state index contributed by atoms with van der Waals surface area (Å²) < 4.78 is 6.16. The summed E-state index contributed by atoms with van der Waals surface area (Å²) in [6.07, 6.45) is 0.922. The lowest BCUT2D eigenvalue weighted by Gasteiger charge is -2.17. The van der Waals surface area contributed by atoms with E-state index in [9.17, 15) is 9.59 Å². The summed E-state index contributed by atoms with van der Waals surface area (Å²) >= 11 is 0. The quantitative estimate of drug-likeness (QED) is 0.777. The van der Waals surface area contributed by atoms with Crippen LogP contribution in [0.5, 0.6) is 0 Å². The van der Waals surface area contributed by atoms with Gasteiger partial charge in [0.05, 0.1) is 10.9 Å². The van der Waals surface area contributed by atoms with Gasteiger partial charge in [-0.15, -0.1) is 0 Å². The van der Waals surface area contributed by atoms with E-state index < -0.39 is 0 Å². The van der Waals surface area contributed by atoms with Gasteiger partial charge in [-0.2, -0.15) is 0 Å². The van der Waals surface area contributed by atoms with Crippen LogP contribution in [0.1, 0.15) is 22.3 Å². The number of likely N-dealkylation sites (tertiary alicyclic amines) is 1. The second-order valence-corrected chi connectivity index (χ2v) is 6.96. The summed E-state index contributed by atoms with van der Waals surface area (Å²) in [5.41, 5.74) is 2.09. The minimum absolute atomic E-state index is 0.0932. The zero-order chi connectivity index (χ0) is 19.0. The predicted molar refractivity (Wildman–Crippen MR) is 106 cm³/mol. The van der Waals surface area contributed by atoms with Crippen molar-refractivity contribution >= 4 is 16.9 Å². The topological polar surface area (TPSA) is 62.6 Å². The molecule has 0 saturated carbocycles. The molecule has 1 saturated heterocycles. The molecule has 1 N–H and O–H groups in total. The molecule has 0 bridgehead atoms. The number of nitrogens with zero attached hydrogens (tertiary/aromatic N) is 1. The second-order valence-electron chi connectivity index (χ2n) is 6.96. The van der Waals surface area contributed by atoms with Gasteiger partial charge in [0.1, 0.15) is 5.76 Å². The average Bonchev–Trinajstić information content (AvgIpc) is 3.19. The summed E-state index contributed by atoms with van der Waals surface area (Å²) in [4.78, 5) is 27.8. The molecule has 1 amide bonds. The van der Waals surface area contributed by atoms with Crippen LogP contribution in [-0.4, -0.2) is 37.0 Å². The standard InChI is InChI=1S/C22H22N2O3/c1-14-19(25)17-9-6-10-18(22(26)24-12-11-16(13-24)23-2)21(17)27-20(14)15-7-4-3-5-8-15/h3-10,16,23H,11-13H2,1-2H3/t16-/m0/s1. The Morgan fingerprint density at radius 1 is 1.15 bits per heavy atom. The number of nitrogens with one attached hydrogen (secondary N) is 1. The molecule has 0 aliphatic carbocycles. The van der Waals surface area contributed by atoms with E-state index in [1.807, 2.05) is 42.3 Å². The van der Waals surface area contributed by atoms with E-state index in [1.54, 1.807) is 25.1 Å². The summed E-state index contributed by atoms with van der Waals surface area (Å²) in [5.74, 6) is 0.423. The lowest BCUT2D eigenvalue weighted by molar-refractivity contribution is 0.0790. The lowest BCUT2D eigenvalue weighted by atomic mass is 10.0. The van der Waals surface area contributed by atoms with Crippen molar-refractivity contribution in [2.75, 3.05) is 20.1 Å². The van der Waals surface area contributed by atoms with Gasteiger partial charge in [-0.3, -0.25) is 9.59 Å². The van der Waals surface area contributed by atoms with Crippen molar-refractivity contribution < 1.29 is 9.21 Å². The van der Waals surface area contributed by atoms with Crippen molar-refractivity contribution in [3.63, 3.8) is 0 Å². The average molecular weight is 362 g/mol. The Balaban J connectivity index is 1.86. The first kappa shape index (κ1) is 17.5. The molecule has 1 atom stereocenters. The molecule has 1 aliphatic rings. The van der Waals surface area contributed by atoms with E-state index in [1.165, 1.54) is 0 Å². The highest BCUT2D eigenvalue weighted by Crippen LogP contribution is 2.28. The first-order chi connectivity index (χ1) is 13.1. The fourth-order valence-corrected chi connectivity index (χ4v) is 3.69. The summed E-state index contributed by atoms with van der Waals surface area (Å²) in [6, 6.07) is 15.0. The van der Waals surface area contributed by atoms with Crippen LogP contribution in [0.4, 0.5) is 0 Å². The molecular weight excluding hydrogens is 340 g/mol. The molecular formula is C22H22N2O3. The predicted octanol–water partition coefficient (Wildman–Crippen LogP) is 3.20. The number of carbonyl (C=O) groups excluding carboxylic acids is 1. The molecule has 1 aromatic heterocycles. The number of para-hydroxylation sites is 1. The van der Waals surface area contributed by atoms with Crippen LogP contribution in [0.25, 0.3) is 22.3 Å². The largest absolute Gasteiger partial charge is 0.455 e. The van der Waals surface area contributed by atoms with Gasteiger partial charge in [0.15, 0.2) is 11.0 Å². The number of amides is 1. The van der Waals surface area contributed by atoms with Crippen molar-refractivity contribution in [2.45, 2.75) is 19.4 Å². The SMILES string of the molecule is CN[C@H]1CCN(C(=O)c2cccc3c(=O)c(C)c(-c4ccccc4)oc23)C1. The molecule has 1 fully saturated rings. The highest BCUT2D eigenvalue weighted by Gasteiger charge is 2.28. The smallest absolute Gasteiger partial charge is 0.257 e. The number of likely N-dealkylation sites (N-methyl/N-ethyl adjacent to an activating group) is 1. The first-order valence-corrected chi connectivity index (χ1v) is 9.18. The zero-order valence-electron chi connectivity index (χ0n) is 15.5. The number of benzene rings is 2. The van der Waals surface area contributed by atoms with Gasteiger partial charge in [0, 0.05) is 30.3 Å². The van der Waals surface area contributed by atoms with Crippen molar-refractivity contribution in [1.82, 2.24) is 10.2 Å². The Bertz CT molecular complexity index is 1060. The van der Waals surface area contributed by atoms with Crippen LogP contribution >= 0.6 is 0 Å². The Hall–Kier alpha value is -2.92. The number of carbonyl (C=O) groups is 1. The molecule has 0 unspecified atom stereocenters. The van der Waals surface area contributed by atoms with E-state index in [0.717, 1.165) is 12.0 Å². The first-order valence-electron chi connectivity index (χ1n) is 9.18. The zero-order valence-corrected chi connectivity index (χ0v) is 15.5. The Morgan fingerprint density at radius 3 is 2.63 bits per heavy atom. The van der Waals surface area contributed by atoms with E-state index in [2.05, 4.69) is 5.32 Å². The summed E-state index contributed by atoms with van der Waals surface area (Å²) in [7, 11) is 1.91. The minimum Gasteiger partial charge on any atom is -0.455 e. The molecule has 2 aromatic carbocycles. The molecule has 4 rings (SSSR count). The van der Waals surface area contributed by atoms with Crippen LogP contribution in [0.15, 0.2) is 57.7 Å². The van der Waals surface area contributed by atoms with Crippen LogP contribution in [0.2, 0.25) is 0 Å². The number of hydrogen-bond acceptors (Lipinski definition) is 4. The Morgan fingerprint density at radius 2 is 1.93 bits per heavy atom. The third-order valence-electron chi connectivity index (χ3n) is 5.30. The molecule has 5 nitrogen and oxygen atoms in total. The fraction of sp³-hybridized carbons (Fsp3) is 0.273. The fourth-order valence-electron chi connectivity index (χ4n) is 3.69. The van der Waals surface area contributed by atoms with E-state index in [0.29, 0.717) is 47.0 Å². The maximum atomic E-state index is 13.1. The van der Waals surface area contributed by atoms with Gasteiger partial charge in [0.2, 0.25) is 0 Å². The highest BCUT2D eigenvalue weighted by atomic mass is 16.3. The molecule has 3 aromatic rings. The van der Waals surface area contributed by atoms with E-state index >= 15 is 0 Å². The van der Waals surface area contributed by atoms with Crippen LogP contribution in [-0.2, 0) is 0 Å². The molecule has 0 spiro atoms. The monoisotopic (exact) mass is 362 g/mol. The van der Waals surface area contributed by atoms with Crippen LogP contribution in [0, 0.1) is 6.92 Å². The molecule has 27 heavy (non-hydrogen) atoms. The van der Waals surface area contributed by atoms with Crippen molar-refractivity contribution in [2.24, 2.45) is 0 Å². The van der Waals surface area contributed by atoms with Crippen LogP contribution < -0.4 is 10.7 Å². The lowest BCUT2D eigenvalue weighted by Crippen LogP contribution is -2.33. The maximum Gasteiger partial charge on any atom is 0.257 e. The molecule has 1 aliphatic heterocycles. The Labute approximate surface area is 157 Å². The van der Waals surface area contributed by atoms with Gasteiger partial charge in [-0.05, 0) is 32.5 Å². The minimum atomic E-state index is -0.0979. The number of hydrogen-bond donors (Lipinski definition) is 1. The number of rotatable bonds is 3. The van der Waals surface area contributed by atoms with E-state index in [4.69, 9.17) is 4.42 Å². The van der Waals surface area contributed by atoms with Gasteiger partial charge in [-0.1, -0.05) is 36.4 Å². The van der Waals surface area contributed by atoms with Crippen molar-refractivity contribution in [1.29, 1.82) is 0 Å². The normalized spacial score (nSPS) is 16.8. The van der Waals surface area contributed by atoms with Gasteiger partial charge in [-0.25, -0.2) is 0 Å². The highest BCUT2D eigenvalue weighted by molar-refractivity contribution is 6.05. The third-order valence-corrected chi connectivity index (χ3v) is 5.30. The van der Waals surface area contributed by atoms with Crippen molar-refractivity contribution in [3.05, 3.63) is 69.9 Å². The van der Waals surface area contributed by atoms with Gasteiger partial charge >= 0.3 is 0 Å². The van der Waals surface area contributed by atoms with Gasteiger partial charge < -0.3 is 14.6 Å². The van der Waals surface area contributed by atoms with E-state index in [-0.39, 0.29) is 11.3 Å². The third kappa shape index (κ3) is 3.04. The molecule has 5 heteroatoms. The molecule has 0 radical (unpaired) electrons. The summed E-state index contributed by atoms with van der Waals surface area (Å²) in [5, 5.41) is 3.66. The number of fused-ring (bicyclic) bond motifs is 1. The maximum absolute atomic E-state index is 13.1. The second kappa shape index (κ2) is 7.00. The van der Waals surface area contributed by atoms with Crippen molar-refractivity contribution in [3.8, 4) is 11.3 Å².